The molecule has 1 atom stereocenters. The summed E-state index contributed by atoms with van der Waals surface area (Å²) >= 11 is 0. The molecule has 0 aromatic carbocycles. The molecule has 1 aromatic rings. The molecule has 0 aliphatic carbocycles. The number of rotatable bonds is 7. The van der Waals surface area contributed by atoms with E-state index in [1.807, 2.05) is 0 Å². The molecule has 0 aliphatic rings. The Morgan fingerprint density at radius 2 is 2.26 bits per heavy atom. The van der Waals surface area contributed by atoms with Crippen molar-refractivity contribution < 1.29 is 19.8 Å². The lowest BCUT2D eigenvalue weighted by Gasteiger charge is -2.13. The summed E-state index contributed by atoms with van der Waals surface area (Å²) in [6.45, 7) is 0.0000167. The minimum atomic E-state index is -1.18. The van der Waals surface area contributed by atoms with Crippen LogP contribution in [0.2, 0.25) is 0 Å². The standard InChI is InChI=1S/C10H17N5O4/c1-15-6-12-14-8(15)2-4-11-10(19)13-7(3-5-16)9(17)18/h6-7,16H,2-5H2,1H3,(H,17,18)(H2,11,13,19)/t7-/m1/s1. The number of hydrogen-bond acceptors (Lipinski definition) is 5. The normalized spacial score (nSPS) is 11.9. The van der Waals surface area contributed by atoms with E-state index in [9.17, 15) is 9.59 Å². The second-order valence-electron chi connectivity index (χ2n) is 3.91. The number of carbonyl (C=O) groups is 2. The third kappa shape index (κ3) is 4.92. The lowest BCUT2D eigenvalue weighted by atomic mass is 10.2. The maximum absolute atomic E-state index is 11.4. The van der Waals surface area contributed by atoms with E-state index >= 15 is 0 Å². The molecule has 9 nitrogen and oxygen atoms in total. The number of aromatic nitrogens is 3. The molecule has 1 rings (SSSR count). The molecule has 0 radical (unpaired) electrons. The number of aliphatic carboxylic acids is 1. The second kappa shape index (κ2) is 7.31. The number of nitrogens with zero attached hydrogens (tertiary/aromatic N) is 3. The summed E-state index contributed by atoms with van der Waals surface area (Å²) < 4.78 is 1.73. The Hall–Kier alpha value is -2.16. The van der Waals surface area contributed by atoms with Crippen molar-refractivity contribution in [2.24, 2.45) is 7.05 Å². The molecule has 0 bridgehead atoms. The van der Waals surface area contributed by atoms with E-state index in [0.29, 0.717) is 18.8 Å². The van der Waals surface area contributed by atoms with E-state index in [2.05, 4.69) is 20.8 Å². The van der Waals surface area contributed by atoms with Gasteiger partial charge in [-0.05, 0) is 0 Å². The SMILES string of the molecule is Cn1cnnc1CCNC(=O)N[C@H](CCO)C(=O)O. The maximum atomic E-state index is 11.4. The Kier molecular flexibility index (Phi) is 5.73. The topological polar surface area (TPSA) is 129 Å². The predicted molar refractivity (Wildman–Crippen MR) is 64.4 cm³/mol. The molecule has 4 N–H and O–H groups in total. The van der Waals surface area contributed by atoms with E-state index in [4.69, 9.17) is 10.2 Å². The Balaban J connectivity index is 2.31. The van der Waals surface area contributed by atoms with Crippen LogP contribution in [0.25, 0.3) is 0 Å². The Bertz CT molecular complexity index is 433. The number of amides is 2. The van der Waals surface area contributed by atoms with Crippen LogP contribution in [-0.2, 0) is 18.3 Å². The van der Waals surface area contributed by atoms with Gasteiger partial charge in [0.25, 0.3) is 0 Å². The van der Waals surface area contributed by atoms with Gasteiger partial charge in [-0.25, -0.2) is 9.59 Å². The molecule has 0 fully saturated rings. The number of carboxylic acids is 1. The average molecular weight is 271 g/mol. The highest BCUT2D eigenvalue weighted by atomic mass is 16.4. The van der Waals surface area contributed by atoms with Crippen molar-refractivity contribution in [1.29, 1.82) is 0 Å². The van der Waals surface area contributed by atoms with Crippen LogP contribution in [0.5, 0.6) is 0 Å². The molecule has 19 heavy (non-hydrogen) atoms. The summed E-state index contributed by atoms with van der Waals surface area (Å²) in [5.74, 6) is -0.469. The number of carbonyl (C=O) groups excluding carboxylic acids is 1. The lowest BCUT2D eigenvalue weighted by Crippen LogP contribution is -2.46. The van der Waals surface area contributed by atoms with Crippen molar-refractivity contribution in [2.45, 2.75) is 18.9 Å². The number of hydrogen-bond donors (Lipinski definition) is 4. The summed E-state index contributed by atoms with van der Waals surface area (Å²) in [6, 6.07) is -1.69. The molecule has 1 aromatic heterocycles. The quantitative estimate of drug-likeness (QED) is 0.477. The van der Waals surface area contributed by atoms with Gasteiger partial charge in [-0.3, -0.25) is 0 Å². The second-order valence-corrected chi connectivity index (χ2v) is 3.91. The van der Waals surface area contributed by atoms with E-state index in [0.717, 1.165) is 0 Å². The highest BCUT2D eigenvalue weighted by Gasteiger charge is 2.18. The van der Waals surface area contributed by atoms with Crippen molar-refractivity contribution in [3.63, 3.8) is 0 Å². The first-order valence-corrected chi connectivity index (χ1v) is 5.75. The van der Waals surface area contributed by atoms with Gasteiger partial charge in [-0.1, -0.05) is 0 Å². The number of urea groups is 1. The van der Waals surface area contributed by atoms with Crippen molar-refractivity contribution in [3.05, 3.63) is 12.2 Å². The first-order valence-electron chi connectivity index (χ1n) is 5.75. The van der Waals surface area contributed by atoms with Crippen molar-refractivity contribution >= 4 is 12.0 Å². The molecule has 0 unspecified atom stereocenters. The lowest BCUT2D eigenvalue weighted by molar-refractivity contribution is -0.139. The van der Waals surface area contributed by atoms with Crippen molar-refractivity contribution in [1.82, 2.24) is 25.4 Å². The van der Waals surface area contributed by atoms with E-state index in [-0.39, 0.29) is 13.0 Å². The summed E-state index contributed by atoms with van der Waals surface area (Å²) in [5, 5.41) is 29.8. The van der Waals surface area contributed by atoms with E-state index in [1.54, 1.807) is 17.9 Å². The maximum Gasteiger partial charge on any atom is 0.326 e. The molecule has 9 heteroatoms. The highest BCUT2D eigenvalue weighted by Crippen LogP contribution is 1.93. The first kappa shape index (κ1) is 14.9. The number of aliphatic hydroxyl groups excluding tert-OH is 1. The molecule has 0 saturated carbocycles. The zero-order valence-electron chi connectivity index (χ0n) is 10.5. The van der Waals surface area contributed by atoms with Crippen LogP contribution in [0, 0.1) is 0 Å². The highest BCUT2D eigenvalue weighted by molar-refractivity contribution is 5.82. The summed E-state index contributed by atoms with van der Waals surface area (Å²) in [4.78, 5) is 22.2. The van der Waals surface area contributed by atoms with Gasteiger partial charge in [0.05, 0.1) is 0 Å². The molecule has 2 amide bonds. The van der Waals surface area contributed by atoms with Crippen LogP contribution in [0.3, 0.4) is 0 Å². The van der Waals surface area contributed by atoms with Crippen LogP contribution in [-0.4, -0.2) is 56.2 Å². The Labute approximate surface area is 109 Å². The molecule has 0 spiro atoms. The van der Waals surface area contributed by atoms with Gasteiger partial charge in [0, 0.05) is 33.0 Å². The molecule has 1 heterocycles. The molecule has 106 valence electrons. The van der Waals surface area contributed by atoms with E-state index in [1.165, 1.54) is 0 Å². The number of aliphatic hydroxyl groups is 1. The minimum absolute atomic E-state index is 0.0357. The summed E-state index contributed by atoms with van der Waals surface area (Å²) in [7, 11) is 1.79. The fourth-order valence-electron chi connectivity index (χ4n) is 1.42. The van der Waals surface area contributed by atoms with Gasteiger partial charge in [0.1, 0.15) is 18.2 Å². The smallest absolute Gasteiger partial charge is 0.326 e. The number of aryl methyl sites for hydroxylation is 1. The Morgan fingerprint density at radius 1 is 1.53 bits per heavy atom. The molecule has 0 saturated heterocycles. The van der Waals surface area contributed by atoms with Gasteiger partial charge >= 0.3 is 12.0 Å². The number of nitrogens with one attached hydrogen (secondary N) is 2. The monoisotopic (exact) mass is 271 g/mol. The Morgan fingerprint density at radius 3 is 2.79 bits per heavy atom. The predicted octanol–water partition coefficient (Wildman–Crippen LogP) is -1.51. The largest absolute Gasteiger partial charge is 0.480 e. The average Bonchev–Trinajstić information content (AvgIpc) is 2.74. The summed E-state index contributed by atoms with van der Waals surface area (Å²) in [5.41, 5.74) is 0. The van der Waals surface area contributed by atoms with Crippen LogP contribution < -0.4 is 10.6 Å². The first-order chi connectivity index (χ1) is 9.04. The zero-order valence-corrected chi connectivity index (χ0v) is 10.5. The van der Waals surface area contributed by atoms with Crippen molar-refractivity contribution in [3.8, 4) is 0 Å². The summed E-state index contributed by atoms with van der Waals surface area (Å²) in [6.07, 6.45) is 2.00. The third-order valence-electron chi connectivity index (χ3n) is 2.46. The zero-order chi connectivity index (χ0) is 14.3. The molecular formula is C10H17N5O4. The fraction of sp³-hybridized carbons (Fsp3) is 0.600. The van der Waals surface area contributed by atoms with Crippen LogP contribution in [0.4, 0.5) is 4.79 Å². The third-order valence-corrected chi connectivity index (χ3v) is 2.46. The van der Waals surface area contributed by atoms with Gasteiger partial charge in [-0.2, -0.15) is 0 Å². The van der Waals surface area contributed by atoms with Gasteiger partial charge in [0.2, 0.25) is 0 Å². The van der Waals surface area contributed by atoms with Gasteiger partial charge < -0.3 is 25.4 Å². The van der Waals surface area contributed by atoms with Gasteiger partial charge in [-0.15, -0.1) is 10.2 Å². The van der Waals surface area contributed by atoms with E-state index < -0.39 is 18.0 Å². The molecular weight excluding hydrogens is 254 g/mol. The van der Waals surface area contributed by atoms with Crippen LogP contribution in [0.15, 0.2) is 6.33 Å². The minimum Gasteiger partial charge on any atom is -0.480 e. The van der Waals surface area contributed by atoms with Crippen LogP contribution >= 0.6 is 0 Å². The molecule has 0 aliphatic heterocycles. The van der Waals surface area contributed by atoms with Crippen LogP contribution in [0.1, 0.15) is 12.2 Å². The van der Waals surface area contributed by atoms with Gasteiger partial charge in [0.15, 0.2) is 0 Å². The van der Waals surface area contributed by atoms with Crippen molar-refractivity contribution in [2.75, 3.05) is 13.2 Å². The fourth-order valence-corrected chi connectivity index (χ4v) is 1.42. The number of carboxylic acid groups (broad SMARTS) is 1.